The summed E-state index contributed by atoms with van der Waals surface area (Å²) < 4.78 is 4.59. The second kappa shape index (κ2) is 5.05. The van der Waals surface area contributed by atoms with Crippen LogP contribution in [0.15, 0.2) is 18.2 Å². The van der Waals surface area contributed by atoms with Crippen LogP contribution in [0.1, 0.15) is 18.1 Å². The number of carbonyl (C=O) groups excluding carboxylic acids is 1. The number of phenolic OH excluding ortho intramolecular Hbond substituents is 2. The lowest BCUT2D eigenvalue weighted by molar-refractivity contribution is -0.129. The fourth-order valence-electron chi connectivity index (χ4n) is 1.22. The average Bonchev–Trinajstić information content (AvgIpc) is 2.21. The molecule has 80 valence electrons. The van der Waals surface area contributed by atoms with Gasteiger partial charge in [-0.1, -0.05) is 12.2 Å². The fraction of sp³-hybridized carbons (Fsp3) is 0.182. The molecular formula is C11H12O4. The van der Waals surface area contributed by atoms with Crippen LogP contribution in [0.5, 0.6) is 11.5 Å². The minimum Gasteiger partial charge on any atom is -0.504 e. The third-order valence-corrected chi connectivity index (χ3v) is 1.89. The van der Waals surface area contributed by atoms with Crippen LogP contribution in [0.4, 0.5) is 0 Å². The van der Waals surface area contributed by atoms with Crippen LogP contribution in [-0.4, -0.2) is 16.7 Å². The zero-order valence-corrected chi connectivity index (χ0v) is 8.30. The molecule has 0 amide bonds. The second-order valence-corrected chi connectivity index (χ2v) is 2.95. The first kappa shape index (κ1) is 11.1. The number of benzene rings is 1. The largest absolute Gasteiger partial charge is 0.504 e. The molecule has 0 saturated carbocycles. The molecule has 1 aromatic rings. The first-order valence-corrected chi connectivity index (χ1v) is 4.41. The Morgan fingerprint density at radius 1 is 1.33 bits per heavy atom. The molecular weight excluding hydrogens is 196 g/mol. The van der Waals surface area contributed by atoms with Gasteiger partial charge < -0.3 is 14.9 Å². The predicted molar refractivity (Wildman–Crippen MR) is 55.3 cm³/mol. The smallest absolute Gasteiger partial charge is 0.293 e. The highest BCUT2D eigenvalue weighted by molar-refractivity contribution is 5.59. The number of carbonyl (C=O) groups is 1. The van der Waals surface area contributed by atoms with E-state index in [1.807, 2.05) is 6.92 Å². The van der Waals surface area contributed by atoms with Gasteiger partial charge in [0.25, 0.3) is 6.47 Å². The Labute approximate surface area is 87.4 Å². The molecule has 1 aromatic carbocycles. The van der Waals surface area contributed by atoms with E-state index in [1.54, 1.807) is 12.2 Å². The first-order valence-electron chi connectivity index (χ1n) is 4.41. The molecule has 0 atom stereocenters. The van der Waals surface area contributed by atoms with Gasteiger partial charge in [-0.2, -0.15) is 0 Å². The van der Waals surface area contributed by atoms with Gasteiger partial charge in [-0.15, -0.1) is 0 Å². The summed E-state index contributed by atoms with van der Waals surface area (Å²) in [4.78, 5) is 10.0. The minimum absolute atomic E-state index is 0.0665. The van der Waals surface area contributed by atoms with Crippen molar-refractivity contribution in [2.45, 2.75) is 13.5 Å². The number of rotatable bonds is 4. The van der Waals surface area contributed by atoms with Crippen molar-refractivity contribution in [3.05, 3.63) is 29.3 Å². The van der Waals surface area contributed by atoms with Gasteiger partial charge in [-0.25, -0.2) is 0 Å². The van der Waals surface area contributed by atoms with Crippen molar-refractivity contribution in [2.75, 3.05) is 0 Å². The molecule has 0 spiro atoms. The third kappa shape index (κ3) is 2.74. The number of allylic oxidation sites excluding steroid dienone is 1. The van der Waals surface area contributed by atoms with E-state index < -0.39 is 0 Å². The van der Waals surface area contributed by atoms with Crippen molar-refractivity contribution in [3.8, 4) is 11.5 Å². The Morgan fingerprint density at radius 3 is 2.60 bits per heavy atom. The number of hydrogen-bond donors (Lipinski definition) is 2. The molecule has 1 rings (SSSR count). The Hall–Kier alpha value is -1.97. The van der Waals surface area contributed by atoms with E-state index in [1.165, 1.54) is 12.1 Å². The highest BCUT2D eigenvalue weighted by Gasteiger charge is 2.06. The predicted octanol–water partition coefficient (Wildman–Crippen LogP) is 1.80. The Balaban J connectivity index is 3.09. The lowest BCUT2D eigenvalue weighted by Crippen LogP contribution is -1.93. The van der Waals surface area contributed by atoms with Gasteiger partial charge in [-0.3, -0.25) is 4.79 Å². The molecule has 0 saturated heterocycles. The van der Waals surface area contributed by atoms with E-state index in [0.29, 0.717) is 17.6 Å². The Morgan fingerprint density at radius 2 is 2.00 bits per heavy atom. The molecule has 0 radical (unpaired) electrons. The van der Waals surface area contributed by atoms with Gasteiger partial charge in [0.1, 0.15) is 6.61 Å². The highest BCUT2D eigenvalue weighted by Crippen LogP contribution is 2.29. The Kier molecular flexibility index (Phi) is 3.74. The maximum Gasteiger partial charge on any atom is 0.293 e. The van der Waals surface area contributed by atoms with E-state index in [9.17, 15) is 15.0 Å². The van der Waals surface area contributed by atoms with Crippen molar-refractivity contribution in [1.29, 1.82) is 0 Å². The van der Waals surface area contributed by atoms with Gasteiger partial charge in [0.05, 0.1) is 0 Å². The van der Waals surface area contributed by atoms with Crippen LogP contribution in [-0.2, 0) is 16.1 Å². The van der Waals surface area contributed by atoms with Crippen molar-refractivity contribution in [1.82, 2.24) is 0 Å². The van der Waals surface area contributed by atoms with Crippen LogP contribution in [0.25, 0.3) is 6.08 Å². The minimum atomic E-state index is -0.229. The number of ether oxygens (including phenoxy) is 1. The zero-order valence-electron chi connectivity index (χ0n) is 8.30. The van der Waals surface area contributed by atoms with Crippen LogP contribution in [0, 0.1) is 0 Å². The topological polar surface area (TPSA) is 66.8 Å². The summed E-state index contributed by atoms with van der Waals surface area (Å²) in [7, 11) is 0. The second-order valence-electron chi connectivity index (χ2n) is 2.95. The molecule has 0 aromatic heterocycles. The monoisotopic (exact) mass is 208 g/mol. The van der Waals surface area contributed by atoms with Gasteiger partial charge in [-0.05, 0) is 24.6 Å². The molecule has 0 aliphatic carbocycles. The maximum atomic E-state index is 10.0. The first-order chi connectivity index (χ1) is 7.19. The average molecular weight is 208 g/mol. The molecule has 15 heavy (non-hydrogen) atoms. The van der Waals surface area contributed by atoms with Crippen LogP contribution in [0.3, 0.4) is 0 Å². The summed E-state index contributed by atoms with van der Waals surface area (Å²) in [6.07, 6.45) is 3.54. The lowest BCUT2D eigenvalue weighted by atomic mass is 10.1. The molecule has 4 heteroatoms. The molecule has 0 aliphatic rings. The van der Waals surface area contributed by atoms with E-state index in [2.05, 4.69) is 4.74 Å². The van der Waals surface area contributed by atoms with Crippen molar-refractivity contribution < 1.29 is 19.7 Å². The van der Waals surface area contributed by atoms with E-state index in [-0.39, 0.29) is 18.1 Å². The fourth-order valence-corrected chi connectivity index (χ4v) is 1.22. The van der Waals surface area contributed by atoms with Gasteiger partial charge in [0, 0.05) is 5.56 Å². The van der Waals surface area contributed by atoms with Crippen LogP contribution >= 0.6 is 0 Å². The summed E-state index contributed by atoms with van der Waals surface area (Å²) in [5.41, 5.74) is 1.34. The lowest BCUT2D eigenvalue weighted by Gasteiger charge is -2.07. The maximum absolute atomic E-state index is 10.0. The van der Waals surface area contributed by atoms with Gasteiger partial charge in [0.2, 0.25) is 0 Å². The molecule has 0 bridgehead atoms. The third-order valence-electron chi connectivity index (χ3n) is 1.89. The SMILES string of the molecule is C/C=C\c1cc(O)c(O)cc1COC=O. The van der Waals surface area contributed by atoms with Crippen molar-refractivity contribution >= 4 is 12.5 Å². The number of aromatic hydroxyl groups is 2. The molecule has 0 fully saturated rings. The molecule has 0 unspecified atom stereocenters. The van der Waals surface area contributed by atoms with Crippen molar-refractivity contribution in [2.24, 2.45) is 0 Å². The van der Waals surface area contributed by atoms with Gasteiger partial charge in [0.15, 0.2) is 11.5 Å². The summed E-state index contributed by atoms with van der Waals surface area (Å²) in [6.45, 7) is 2.23. The normalized spacial score (nSPS) is 10.5. The summed E-state index contributed by atoms with van der Waals surface area (Å²) in [5.74, 6) is -0.425. The molecule has 2 N–H and O–H groups in total. The van der Waals surface area contributed by atoms with E-state index >= 15 is 0 Å². The molecule has 0 aliphatic heterocycles. The molecule has 4 nitrogen and oxygen atoms in total. The quantitative estimate of drug-likeness (QED) is 0.585. The van der Waals surface area contributed by atoms with Crippen molar-refractivity contribution in [3.63, 3.8) is 0 Å². The van der Waals surface area contributed by atoms with Crippen LogP contribution in [0.2, 0.25) is 0 Å². The summed E-state index contributed by atoms with van der Waals surface area (Å²) >= 11 is 0. The van der Waals surface area contributed by atoms with Crippen LogP contribution < -0.4 is 0 Å². The Bertz CT molecular complexity index is 382. The number of phenols is 2. The highest BCUT2D eigenvalue weighted by atomic mass is 16.5. The van der Waals surface area contributed by atoms with E-state index in [0.717, 1.165) is 0 Å². The van der Waals surface area contributed by atoms with E-state index in [4.69, 9.17) is 0 Å². The van der Waals surface area contributed by atoms with Gasteiger partial charge >= 0.3 is 0 Å². The molecule has 0 heterocycles. The summed E-state index contributed by atoms with van der Waals surface area (Å²) in [5, 5.41) is 18.6. The zero-order chi connectivity index (χ0) is 11.3. The summed E-state index contributed by atoms with van der Waals surface area (Å²) in [6, 6.07) is 2.78. The standard InChI is InChI=1S/C11H12O4/c1-2-3-8-4-10(13)11(14)5-9(8)6-15-7-12/h2-5,7,13-14H,6H2,1H3/b3-2-. The number of hydrogen-bond acceptors (Lipinski definition) is 4.